The first-order chi connectivity index (χ1) is 7.41. The molecule has 0 fully saturated rings. The maximum Gasteiger partial charge on any atom is 0.306 e. The predicted molar refractivity (Wildman–Crippen MR) is 59.3 cm³/mol. The predicted octanol–water partition coefficient (Wildman–Crippen LogP) is -0.370. The molecular weight excluding hydrogens is 234 g/mol. The third-order valence-corrected chi connectivity index (χ3v) is 3.33. The highest BCUT2D eigenvalue weighted by atomic mass is 32.2. The lowest BCUT2D eigenvalue weighted by atomic mass is 10.3. The molecule has 0 saturated carbocycles. The Morgan fingerprint density at radius 1 is 1.50 bits per heavy atom. The molecule has 0 spiro atoms. The quantitative estimate of drug-likeness (QED) is 0.576. The number of sulfonamides is 1. The molecule has 2 N–H and O–H groups in total. The van der Waals surface area contributed by atoms with E-state index in [1.54, 1.807) is 13.8 Å². The molecule has 0 aliphatic rings. The van der Waals surface area contributed by atoms with Crippen LogP contribution < -0.4 is 4.72 Å². The zero-order chi connectivity index (χ0) is 12.6. The molecule has 0 aromatic rings. The fourth-order valence-corrected chi connectivity index (χ4v) is 2.35. The minimum atomic E-state index is -3.48. The number of carbonyl (C=O) groups excluding carboxylic acids is 1. The molecule has 0 aromatic heterocycles. The number of hydrogen-bond acceptors (Lipinski definition) is 5. The van der Waals surface area contributed by atoms with Crippen LogP contribution in [0.1, 0.15) is 26.7 Å². The summed E-state index contributed by atoms with van der Waals surface area (Å²) >= 11 is 0. The Hall–Kier alpha value is -0.660. The van der Waals surface area contributed by atoms with Gasteiger partial charge in [0.1, 0.15) is 0 Å². The van der Waals surface area contributed by atoms with Gasteiger partial charge in [-0.05, 0) is 20.3 Å². The first-order valence-electron chi connectivity index (χ1n) is 5.17. The summed E-state index contributed by atoms with van der Waals surface area (Å²) in [7, 11) is -3.48. The van der Waals surface area contributed by atoms with E-state index in [1.165, 1.54) is 0 Å². The Kier molecular flexibility index (Phi) is 7.27. The standard InChI is InChI=1S/C9H19NO5S/c1-3-15-9(12)5-7-16(13,14)10-8(2)4-6-11/h8,10-11H,3-7H2,1-2H3. The zero-order valence-corrected chi connectivity index (χ0v) is 10.4. The van der Waals surface area contributed by atoms with Crippen LogP contribution in [-0.2, 0) is 19.6 Å². The fraction of sp³-hybridized carbons (Fsp3) is 0.889. The molecule has 0 aromatic carbocycles. The van der Waals surface area contributed by atoms with Gasteiger partial charge in [-0.25, -0.2) is 13.1 Å². The van der Waals surface area contributed by atoms with Crippen molar-refractivity contribution in [2.24, 2.45) is 0 Å². The first kappa shape index (κ1) is 15.3. The van der Waals surface area contributed by atoms with Crippen LogP contribution in [0.5, 0.6) is 0 Å². The average Bonchev–Trinajstić information content (AvgIpc) is 2.15. The minimum absolute atomic E-state index is 0.0818. The van der Waals surface area contributed by atoms with Crippen LogP contribution in [0, 0.1) is 0 Å². The van der Waals surface area contributed by atoms with Gasteiger partial charge in [0.15, 0.2) is 0 Å². The van der Waals surface area contributed by atoms with Gasteiger partial charge in [0.2, 0.25) is 10.0 Å². The van der Waals surface area contributed by atoms with Gasteiger partial charge in [0.05, 0.1) is 18.8 Å². The van der Waals surface area contributed by atoms with Crippen molar-refractivity contribution >= 4 is 16.0 Å². The summed E-state index contributed by atoms with van der Waals surface area (Å²) in [5.41, 5.74) is 0. The molecule has 0 heterocycles. The lowest BCUT2D eigenvalue weighted by Gasteiger charge is -2.12. The van der Waals surface area contributed by atoms with Crippen molar-refractivity contribution in [1.82, 2.24) is 4.72 Å². The highest BCUT2D eigenvalue weighted by Crippen LogP contribution is 1.97. The normalized spacial score (nSPS) is 13.4. The van der Waals surface area contributed by atoms with Gasteiger partial charge in [-0.3, -0.25) is 4.79 Å². The molecular formula is C9H19NO5S. The summed E-state index contributed by atoms with van der Waals surface area (Å²) in [6.07, 6.45) is 0.188. The Bertz CT molecular complexity index is 301. The largest absolute Gasteiger partial charge is 0.466 e. The Labute approximate surface area is 96.0 Å². The lowest BCUT2D eigenvalue weighted by Crippen LogP contribution is -2.35. The summed E-state index contributed by atoms with van der Waals surface area (Å²) in [4.78, 5) is 10.9. The van der Waals surface area contributed by atoms with Gasteiger partial charge >= 0.3 is 5.97 Å². The molecule has 0 aliphatic heterocycles. The number of aliphatic hydroxyl groups is 1. The van der Waals surface area contributed by atoms with E-state index in [-0.39, 0.29) is 31.4 Å². The van der Waals surface area contributed by atoms with Gasteiger partial charge in [-0.1, -0.05) is 0 Å². The Morgan fingerprint density at radius 3 is 2.62 bits per heavy atom. The van der Waals surface area contributed by atoms with Crippen LogP contribution in [0.15, 0.2) is 0 Å². The summed E-state index contributed by atoms with van der Waals surface area (Å²) in [5.74, 6) is -0.815. The number of aliphatic hydroxyl groups excluding tert-OH is 1. The number of hydrogen-bond donors (Lipinski definition) is 2. The summed E-state index contributed by atoms with van der Waals surface area (Å²) in [6.45, 7) is 3.47. The first-order valence-corrected chi connectivity index (χ1v) is 6.83. The van der Waals surface area contributed by atoms with Gasteiger partial charge < -0.3 is 9.84 Å². The van der Waals surface area contributed by atoms with E-state index < -0.39 is 16.0 Å². The zero-order valence-electron chi connectivity index (χ0n) is 9.60. The smallest absolute Gasteiger partial charge is 0.306 e. The number of nitrogens with one attached hydrogen (secondary N) is 1. The molecule has 0 bridgehead atoms. The van der Waals surface area contributed by atoms with E-state index in [2.05, 4.69) is 9.46 Å². The molecule has 16 heavy (non-hydrogen) atoms. The van der Waals surface area contributed by atoms with E-state index in [0.29, 0.717) is 6.42 Å². The second-order valence-electron chi connectivity index (χ2n) is 3.41. The molecule has 0 aliphatic carbocycles. The van der Waals surface area contributed by atoms with Crippen molar-refractivity contribution in [3.8, 4) is 0 Å². The molecule has 1 unspecified atom stereocenters. The van der Waals surface area contributed by atoms with Crippen molar-refractivity contribution in [3.63, 3.8) is 0 Å². The summed E-state index contributed by atoms with van der Waals surface area (Å²) in [6, 6.07) is -0.336. The second kappa shape index (κ2) is 7.59. The van der Waals surface area contributed by atoms with E-state index in [0.717, 1.165) is 0 Å². The molecule has 7 heteroatoms. The SMILES string of the molecule is CCOC(=O)CCS(=O)(=O)NC(C)CCO. The van der Waals surface area contributed by atoms with E-state index >= 15 is 0 Å². The monoisotopic (exact) mass is 253 g/mol. The number of carbonyl (C=O) groups is 1. The van der Waals surface area contributed by atoms with Crippen molar-refractivity contribution in [3.05, 3.63) is 0 Å². The topological polar surface area (TPSA) is 92.7 Å². The van der Waals surface area contributed by atoms with Crippen molar-refractivity contribution in [2.75, 3.05) is 19.0 Å². The van der Waals surface area contributed by atoms with Crippen LogP contribution in [-0.4, -0.2) is 44.5 Å². The lowest BCUT2D eigenvalue weighted by molar-refractivity contribution is -0.142. The third-order valence-electron chi connectivity index (χ3n) is 1.82. The minimum Gasteiger partial charge on any atom is -0.466 e. The maximum atomic E-state index is 11.4. The van der Waals surface area contributed by atoms with Crippen molar-refractivity contribution in [2.45, 2.75) is 32.7 Å². The van der Waals surface area contributed by atoms with Crippen LogP contribution >= 0.6 is 0 Å². The molecule has 96 valence electrons. The molecule has 1 atom stereocenters. The van der Waals surface area contributed by atoms with Gasteiger partial charge in [-0.2, -0.15) is 0 Å². The van der Waals surface area contributed by atoms with Crippen LogP contribution in [0.3, 0.4) is 0 Å². The molecule has 0 amide bonds. The highest BCUT2D eigenvalue weighted by Gasteiger charge is 2.16. The fourth-order valence-electron chi connectivity index (χ4n) is 1.07. The molecule has 0 saturated heterocycles. The van der Waals surface area contributed by atoms with Crippen molar-refractivity contribution < 1.29 is 23.1 Å². The van der Waals surface area contributed by atoms with Crippen LogP contribution in [0.2, 0.25) is 0 Å². The van der Waals surface area contributed by atoms with Gasteiger partial charge in [0, 0.05) is 12.6 Å². The van der Waals surface area contributed by atoms with Crippen LogP contribution in [0.25, 0.3) is 0 Å². The average molecular weight is 253 g/mol. The van der Waals surface area contributed by atoms with Gasteiger partial charge in [0.25, 0.3) is 0 Å². The summed E-state index contributed by atoms with van der Waals surface area (Å²) < 4.78 is 29.8. The van der Waals surface area contributed by atoms with E-state index in [4.69, 9.17) is 5.11 Å². The number of ether oxygens (including phenoxy) is 1. The summed E-state index contributed by atoms with van der Waals surface area (Å²) in [5, 5.41) is 8.61. The Balaban J connectivity index is 4.01. The second-order valence-corrected chi connectivity index (χ2v) is 5.28. The third kappa shape index (κ3) is 7.61. The maximum absolute atomic E-state index is 11.4. The van der Waals surface area contributed by atoms with E-state index in [9.17, 15) is 13.2 Å². The van der Waals surface area contributed by atoms with E-state index in [1.807, 2.05) is 0 Å². The molecule has 0 rings (SSSR count). The molecule has 0 radical (unpaired) electrons. The number of esters is 1. The van der Waals surface area contributed by atoms with Gasteiger partial charge in [-0.15, -0.1) is 0 Å². The number of rotatable bonds is 8. The van der Waals surface area contributed by atoms with Crippen molar-refractivity contribution in [1.29, 1.82) is 0 Å². The van der Waals surface area contributed by atoms with Crippen LogP contribution in [0.4, 0.5) is 0 Å². The molecule has 6 nitrogen and oxygen atoms in total. The highest BCUT2D eigenvalue weighted by molar-refractivity contribution is 7.89. The Morgan fingerprint density at radius 2 is 2.12 bits per heavy atom.